The highest BCUT2D eigenvalue weighted by Crippen LogP contribution is 2.25. The van der Waals surface area contributed by atoms with Crippen LogP contribution in [-0.2, 0) is 4.79 Å². The fourth-order valence-electron chi connectivity index (χ4n) is 4.50. The maximum Gasteiger partial charge on any atom is 0.317 e. The number of carbonyl (C=O) groups excluding carboxylic acids is 1. The van der Waals surface area contributed by atoms with E-state index in [1.54, 1.807) is 0 Å². The summed E-state index contributed by atoms with van der Waals surface area (Å²) in [6.45, 7) is 12.5. The summed E-state index contributed by atoms with van der Waals surface area (Å²) >= 11 is 0. The third-order valence-electron chi connectivity index (χ3n) is 5.56. The molecule has 3 N–H and O–H groups in total. The highest BCUT2D eigenvalue weighted by Gasteiger charge is 2.34. The molecule has 26 heavy (non-hydrogen) atoms. The first-order valence-corrected chi connectivity index (χ1v) is 10.0. The Kier molecular flexibility index (Phi) is 7.70. The Morgan fingerprint density at radius 2 is 1.81 bits per heavy atom. The molecule has 1 saturated carbocycles. The van der Waals surface area contributed by atoms with Crippen molar-refractivity contribution in [2.45, 2.75) is 65.1 Å². The van der Waals surface area contributed by atoms with Crippen LogP contribution in [0.15, 0.2) is 0 Å². The van der Waals surface area contributed by atoms with Crippen LogP contribution in [0.1, 0.15) is 47.0 Å². The lowest BCUT2D eigenvalue weighted by atomic mass is 9.85. The number of piperidine rings is 1. The summed E-state index contributed by atoms with van der Waals surface area (Å²) in [5, 5.41) is 15.0. The van der Waals surface area contributed by atoms with Gasteiger partial charge in [-0.05, 0) is 44.6 Å². The third kappa shape index (κ3) is 6.43. The molecule has 7 heteroatoms. The first kappa shape index (κ1) is 21.0. The van der Waals surface area contributed by atoms with Crippen molar-refractivity contribution in [2.75, 3.05) is 32.7 Å². The minimum absolute atomic E-state index is 0.0732. The summed E-state index contributed by atoms with van der Waals surface area (Å²) < 4.78 is 0. The van der Waals surface area contributed by atoms with Crippen LogP contribution in [0.5, 0.6) is 0 Å². The van der Waals surface area contributed by atoms with Gasteiger partial charge >= 0.3 is 12.0 Å². The van der Waals surface area contributed by atoms with E-state index in [-0.39, 0.29) is 30.7 Å². The van der Waals surface area contributed by atoms with Crippen LogP contribution in [0.3, 0.4) is 0 Å². The van der Waals surface area contributed by atoms with E-state index in [0.717, 1.165) is 50.9 Å². The molecule has 7 nitrogen and oxygen atoms in total. The number of carboxylic acids is 1. The monoisotopic (exact) mass is 368 g/mol. The van der Waals surface area contributed by atoms with E-state index >= 15 is 0 Å². The number of hydrogen-bond acceptors (Lipinski definition) is 4. The van der Waals surface area contributed by atoms with Crippen molar-refractivity contribution in [1.82, 2.24) is 20.4 Å². The molecule has 150 valence electrons. The molecule has 2 fully saturated rings. The summed E-state index contributed by atoms with van der Waals surface area (Å²) in [7, 11) is 0. The second-order valence-corrected chi connectivity index (χ2v) is 8.46. The van der Waals surface area contributed by atoms with Crippen LogP contribution in [0.2, 0.25) is 0 Å². The largest absolute Gasteiger partial charge is 0.480 e. The minimum atomic E-state index is -0.795. The molecule has 3 atom stereocenters. The number of nitrogens with one attached hydrogen (secondary N) is 2. The number of rotatable bonds is 8. The summed E-state index contributed by atoms with van der Waals surface area (Å²) in [6.07, 6.45) is 2.94. The highest BCUT2D eigenvalue weighted by atomic mass is 16.4. The van der Waals surface area contributed by atoms with Crippen LogP contribution in [0.4, 0.5) is 4.79 Å². The Hall–Kier alpha value is -1.34. The molecule has 0 bridgehead atoms. The van der Waals surface area contributed by atoms with Crippen molar-refractivity contribution in [3.05, 3.63) is 0 Å². The fourth-order valence-corrected chi connectivity index (χ4v) is 4.50. The van der Waals surface area contributed by atoms with E-state index in [4.69, 9.17) is 5.11 Å². The number of carboxylic acid groups (broad SMARTS) is 1. The zero-order chi connectivity index (χ0) is 19.3. The van der Waals surface area contributed by atoms with Crippen LogP contribution in [0.25, 0.3) is 0 Å². The first-order valence-electron chi connectivity index (χ1n) is 10.0. The molecule has 0 aromatic heterocycles. The van der Waals surface area contributed by atoms with Gasteiger partial charge in [0.05, 0.1) is 6.54 Å². The molecular weight excluding hydrogens is 332 g/mol. The summed E-state index contributed by atoms with van der Waals surface area (Å²) in [6, 6.07) is 0.406. The van der Waals surface area contributed by atoms with Gasteiger partial charge in [0, 0.05) is 37.8 Å². The number of likely N-dealkylation sites (N-methyl/N-ethyl adjacent to an activating group) is 1. The zero-order valence-electron chi connectivity index (χ0n) is 16.7. The predicted molar refractivity (Wildman–Crippen MR) is 102 cm³/mol. The second kappa shape index (κ2) is 9.55. The molecule has 1 saturated heterocycles. The number of likely N-dealkylation sites (tertiary alicyclic amines) is 1. The van der Waals surface area contributed by atoms with Gasteiger partial charge in [-0.15, -0.1) is 0 Å². The molecule has 2 aliphatic rings. The predicted octanol–water partition coefficient (Wildman–Crippen LogP) is 1.59. The number of nitrogens with zero attached hydrogens (tertiary/aromatic N) is 2. The van der Waals surface area contributed by atoms with E-state index in [0.29, 0.717) is 0 Å². The van der Waals surface area contributed by atoms with Crippen LogP contribution in [0, 0.1) is 11.8 Å². The molecule has 0 aromatic rings. The number of urea groups is 1. The molecule has 1 aliphatic carbocycles. The second-order valence-electron chi connectivity index (χ2n) is 8.46. The van der Waals surface area contributed by atoms with Crippen LogP contribution in [-0.4, -0.2) is 77.8 Å². The topological polar surface area (TPSA) is 84.9 Å². The summed E-state index contributed by atoms with van der Waals surface area (Å²) in [4.78, 5) is 27.5. The van der Waals surface area contributed by atoms with Gasteiger partial charge < -0.3 is 20.6 Å². The van der Waals surface area contributed by atoms with Gasteiger partial charge in [-0.25, -0.2) is 4.79 Å². The van der Waals surface area contributed by atoms with Gasteiger partial charge in [0.1, 0.15) is 0 Å². The first-order chi connectivity index (χ1) is 12.3. The lowest BCUT2D eigenvalue weighted by Gasteiger charge is -2.42. The smallest absolute Gasteiger partial charge is 0.317 e. The number of carbonyl (C=O) groups is 2. The Morgan fingerprint density at radius 3 is 2.35 bits per heavy atom. The van der Waals surface area contributed by atoms with Crippen LogP contribution < -0.4 is 10.6 Å². The van der Waals surface area contributed by atoms with Gasteiger partial charge in [-0.2, -0.15) is 0 Å². The van der Waals surface area contributed by atoms with E-state index in [1.165, 1.54) is 6.42 Å². The average molecular weight is 369 g/mol. The van der Waals surface area contributed by atoms with Gasteiger partial charge in [0.25, 0.3) is 0 Å². The molecule has 0 radical (unpaired) electrons. The lowest BCUT2D eigenvalue weighted by Crippen LogP contribution is -2.57. The Balaban J connectivity index is 1.65. The van der Waals surface area contributed by atoms with Gasteiger partial charge in [0.2, 0.25) is 0 Å². The Labute approximate surface area is 157 Å². The Morgan fingerprint density at radius 1 is 1.19 bits per heavy atom. The van der Waals surface area contributed by atoms with E-state index in [2.05, 4.69) is 36.3 Å². The summed E-state index contributed by atoms with van der Waals surface area (Å²) in [5.41, 5.74) is 0. The van der Waals surface area contributed by atoms with Crippen molar-refractivity contribution >= 4 is 12.0 Å². The normalized spacial score (nSPS) is 30.5. The Bertz CT molecular complexity index is 471. The van der Waals surface area contributed by atoms with Gasteiger partial charge in [0.15, 0.2) is 0 Å². The average Bonchev–Trinajstić information content (AvgIpc) is 2.46. The zero-order valence-corrected chi connectivity index (χ0v) is 16.7. The quantitative estimate of drug-likeness (QED) is 0.606. The van der Waals surface area contributed by atoms with E-state index in [9.17, 15) is 9.59 Å². The summed E-state index contributed by atoms with van der Waals surface area (Å²) in [5.74, 6) is 0.647. The van der Waals surface area contributed by atoms with Gasteiger partial charge in [-0.1, -0.05) is 20.8 Å². The highest BCUT2D eigenvalue weighted by molar-refractivity contribution is 5.74. The van der Waals surface area contributed by atoms with Crippen LogP contribution >= 0.6 is 0 Å². The molecule has 0 spiro atoms. The maximum atomic E-state index is 12.2. The maximum absolute atomic E-state index is 12.2. The fraction of sp³-hybridized carbons (Fsp3) is 0.895. The number of aliphatic carboxylic acids is 1. The number of amides is 2. The third-order valence-corrected chi connectivity index (χ3v) is 5.56. The molecule has 1 aliphatic heterocycles. The molecule has 2 amide bonds. The molecule has 3 unspecified atom stereocenters. The number of hydrogen-bond donors (Lipinski definition) is 3. The lowest BCUT2D eigenvalue weighted by molar-refractivity contribution is -0.139. The van der Waals surface area contributed by atoms with E-state index < -0.39 is 5.97 Å². The van der Waals surface area contributed by atoms with Gasteiger partial charge in [-0.3, -0.25) is 9.69 Å². The van der Waals surface area contributed by atoms with Crippen molar-refractivity contribution in [2.24, 2.45) is 11.8 Å². The van der Waals surface area contributed by atoms with Crippen molar-refractivity contribution in [3.8, 4) is 0 Å². The molecule has 2 rings (SSSR count). The van der Waals surface area contributed by atoms with Crippen molar-refractivity contribution < 1.29 is 14.7 Å². The standard InChI is InChI=1S/C19H36N4O3/c1-5-23(12-18(24)25)17-7-16(8-17)21-19(26)20-15(4)11-22-9-13(2)6-14(3)10-22/h13-17H,5-12H2,1-4H3,(H,24,25)(H2,20,21,26). The van der Waals surface area contributed by atoms with Crippen molar-refractivity contribution in [3.63, 3.8) is 0 Å². The molecular formula is C19H36N4O3. The minimum Gasteiger partial charge on any atom is -0.480 e. The molecule has 0 aromatic carbocycles. The van der Waals surface area contributed by atoms with E-state index in [1.807, 2.05) is 11.8 Å². The van der Waals surface area contributed by atoms with Crippen molar-refractivity contribution in [1.29, 1.82) is 0 Å². The SMILES string of the molecule is CCN(CC(=O)O)C1CC(NC(=O)NC(C)CN2CC(C)CC(C)C2)C1. The molecule has 1 heterocycles.